The van der Waals surface area contributed by atoms with E-state index in [1.54, 1.807) is 0 Å². The van der Waals surface area contributed by atoms with Crippen molar-refractivity contribution in [2.24, 2.45) is 0 Å². The number of rotatable bonds is 16. The predicted octanol–water partition coefficient (Wildman–Crippen LogP) is 2.34. The second kappa shape index (κ2) is 19.2. The van der Waals surface area contributed by atoms with Crippen molar-refractivity contribution in [1.29, 1.82) is 0 Å². The van der Waals surface area contributed by atoms with E-state index in [1.807, 2.05) is 121 Å². The molecule has 1 aliphatic carbocycles. The zero-order valence-electron chi connectivity index (χ0n) is 29.7. The fourth-order valence-corrected chi connectivity index (χ4v) is 7.02. The Morgan fingerprint density at radius 3 is 1.54 bits per heavy atom. The number of nitrogens with one attached hydrogen (secondary N) is 2. The highest BCUT2D eigenvalue weighted by Gasteiger charge is 2.59. The molecule has 1 saturated carbocycles. The fourth-order valence-electron chi connectivity index (χ4n) is 6.78. The molecule has 2 aliphatic rings. The molecule has 12 nitrogen and oxygen atoms in total. The first-order valence-electron chi connectivity index (χ1n) is 17.9. The summed E-state index contributed by atoms with van der Waals surface area (Å²) in [7, 11) is 0. The molecular formula is C41H48N2O10S. The van der Waals surface area contributed by atoms with Gasteiger partial charge in [0, 0.05) is 0 Å². The highest BCUT2D eigenvalue weighted by atomic mass is 32.1. The van der Waals surface area contributed by atoms with Crippen LogP contribution in [-0.4, -0.2) is 104 Å². The maximum absolute atomic E-state index is 11.0. The summed E-state index contributed by atoms with van der Waals surface area (Å²) in [6.07, 6.45) is -9.28. The van der Waals surface area contributed by atoms with Crippen LogP contribution >= 0.6 is 12.2 Å². The third-order valence-corrected chi connectivity index (χ3v) is 10.00. The van der Waals surface area contributed by atoms with Gasteiger partial charge in [0.1, 0.15) is 48.3 Å². The third kappa shape index (κ3) is 9.88. The van der Waals surface area contributed by atoms with Crippen LogP contribution in [0.4, 0.5) is 0 Å². The molecule has 1 heterocycles. The number of hydrogen-bond acceptors (Lipinski definition) is 11. The second-order valence-corrected chi connectivity index (χ2v) is 14.0. The van der Waals surface area contributed by atoms with Gasteiger partial charge in [-0.15, -0.1) is 0 Å². The van der Waals surface area contributed by atoms with E-state index >= 15 is 0 Å². The first-order chi connectivity index (χ1) is 26.3. The van der Waals surface area contributed by atoms with Gasteiger partial charge >= 0.3 is 0 Å². The molecule has 4 aromatic carbocycles. The molecule has 6 rings (SSSR count). The molecule has 0 spiro atoms. The third-order valence-electron chi connectivity index (χ3n) is 9.76. The highest BCUT2D eigenvalue weighted by molar-refractivity contribution is 7.80. The van der Waals surface area contributed by atoms with Gasteiger partial charge < -0.3 is 59.9 Å². The Morgan fingerprint density at radius 2 is 1.06 bits per heavy atom. The van der Waals surface area contributed by atoms with Crippen molar-refractivity contribution in [1.82, 2.24) is 10.6 Å². The van der Waals surface area contributed by atoms with E-state index in [-0.39, 0.29) is 31.5 Å². The Balaban J connectivity index is 1.31. The summed E-state index contributed by atoms with van der Waals surface area (Å²) in [6, 6.07) is 37.4. The van der Waals surface area contributed by atoms with Gasteiger partial charge in [0.2, 0.25) is 0 Å². The lowest BCUT2D eigenvalue weighted by atomic mass is 9.96. The Labute approximate surface area is 320 Å². The van der Waals surface area contributed by atoms with Gasteiger partial charge in [-0.05, 0) is 34.5 Å². The van der Waals surface area contributed by atoms with E-state index in [2.05, 4.69) is 10.6 Å². The van der Waals surface area contributed by atoms with Crippen LogP contribution in [-0.2, 0) is 50.1 Å². The van der Waals surface area contributed by atoms with Crippen molar-refractivity contribution in [2.45, 2.75) is 87.0 Å². The Kier molecular flexibility index (Phi) is 14.1. The number of aliphatic hydroxyl groups is 5. The van der Waals surface area contributed by atoms with Gasteiger partial charge in [0.05, 0.1) is 45.7 Å². The van der Waals surface area contributed by atoms with Gasteiger partial charge in [0.15, 0.2) is 11.3 Å². The topological polar surface area (TPSA) is 171 Å². The first-order valence-corrected chi connectivity index (χ1v) is 18.4. The molecule has 0 unspecified atom stereocenters. The van der Waals surface area contributed by atoms with Gasteiger partial charge in [-0.25, -0.2) is 0 Å². The molecule has 13 heteroatoms. The molecule has 0 aromatic heterocycles. The largest absolute Gasteiger partial charge is 0.393 e. The zero-order chi connectivity index (χ0) is 37.9. The molecular weight excluding hydrogens is 713 g/mol. The van der Waals surface area contributed by atoms with E-state index in [0.717, 1.165) is 22.3 Å². The first kappa shape index (κ1) is 39.9. The van der Waals surface area contributed by atoms with Crippen LogP contribution in [0, 0.1) is 0 Å². The SMILES string of the molecule is OC[C@]1(O)[C@@H](O)[C@@H](O)[C@H](O)[C@@H]1NC(=S)N[C@H]1O[C@H](COCc2ccccc2)[C@@H](OCc2ccccc2)[C@H](OCc2ccccc2)[C@H]1OCc1ccccc1. The monoisotopic (exact) mass is 760 g/mol. The van der Waals surface area contributed by atoms with E-state index in [0.29, 0.717) is 6.61 Å². The summed E-state index contributed by atoms with van der Waals surface area (Å²) in [5.41, 5.74) is 1.46. The van der Waals surface area contributed by atoms with E-state index in [9.17, 15) is 25.5 Å². The van der Waals surface area contributed by atoms with Crippen molar-refractivity contribution < 1.29 is 49.2 Å². The molecule has 10 atom stereocenters. The molecule has 288 valence electrons. The summed E-state index contributed by atoms with van der Waals surface area (Å²) in [6.45, 7) is 0.126. The average Bonchev–Trinajstić information content (AvgIpc) is 3.36. The van der Waals surface area contributed by atoms with Gasteiger partial charge in [-0.1, -0.05) is 121 Å². The normalized spacial score (nSPS) is 29.5. The molecule has 4 aromatic rings. The van der Waals surface area contributed by atoms with Crippen LogP contribution in [0.5, 0.6) is 0 Å². The van der Waals surface area contributed by atoms with E-state index < -0.39 is 67.2 Å². The lowest BCUT2D eigenvalue weighted by molar-refractivity contribution is -0.275. The lowest BCUT2D eigenvalue weighted by Gasteiger charge is -2.46. The average molecular weight is 761 g/mol. The molecule has 0 radical (unpaired) electrons. The van der Waals surface area contributed by atoms with Crippen LogP contribution in [0.2, 0.25) is 0 Å². The minimum absolute atomic E-state index is 0.104. The molecule has 1 saturated heterocycles. The summed E-state index contributed by atoms with van der Waals surface area (Å²) in [5, 5.41) is 58.3. The number of ether oxygens (including phenoxy) is 5. The summed E-state index contributed by atoms with van der Waals surface area (Å²) in [5.74, 6) is 0. The molecule has 1 aliphatic heterocycles. The highest BCUT2D eigenvalue weighted by Crippen LogP contribution is 2.33. The van der Waals surface area contributed by atoms with Crippen LogP contribution < -0.4 is 10.6 Å². The lowest BCUT2D eigenvalue weighted by Crippen LogP contribution is -2.67. The van der Waals surface area contributed by atoms with E-state index in [4.69, 9.17) is 35.9 Å². The van der Waals surface area contributed by atoms with Crippen LogP contribution in [0.15, 0.2) is 121 Å². The standard InChI is InChI=1S/C41H48N2O10S/c44-26-41(48)37(32(45)33(46)38(41)47)42-40(54)43-39-36(52-24-30-19-11-4-12-20-30)35(51-23-29-17-9-3-10-18-29)34(50-22-28-15-7-2-8-16-28)31(53-39)25-49-21-27-13-5-1-6-14-27/h1-20,31-39,44-48H,21-26H2,(H2,42,43,54)/t31-,32+,33+,34-,35+,36-,37+,38+,39+,41-/m1/s1. The minimum Gasteiger partial charge on any atom is -0.393 e. The Bertz CT molecular complexity index is 1710. The maximum Gasteiger partial charge on any atom is 0.168 e. The van der Waals surface area contributed by atoms with Gasteiger partial charge in [0.25, 0.3) is 0 Å². The molecule has 0 bridgehead atoms. The minimum atomic E-state index is -2.30. The second-order valence-electron chi connectivity index (χ2n) is 13.6. The molecule has 54 heavy (non-hydrogen) atoms. The maximum atomic E-state index is 11.0. The van der Waals surface area contributed by atoms with Crippen molar-refractivity contribution in [2.75, 3.05) is 13.2 Å². The number of hydrogen-bond donors (Lipinski definition) is 7. The van der Waals surface area contributed by atoms with Crippen molar-refractivity contribution in [3.63, 3.8) is 0 Å². The van der Waals surface area contributed by atoms with Crippen molar-refractivity contribution in [3.8, 4) is 0 Å². The quantitative estimate of drug-likeness (QED) is 0.0832. The molecule has 0 amide bonds. The zero-order valence-corrected chi connectivity index (χ0v) is 30.5. The Morgan fingerprint density at radius 1 is 0.611 bits per heavy atom. The van der Waals surface area contributed by atoms with Crippen LogP contribution in [0.3, 0.4) is 0 Å². The number of thiocarbonyl (C=S) groups is 1. The van der Waals surface area contributed by atoms with Crippen LogP contribution in [0.25, 0.3) is 0 Å². The summed E-state index contributed by atoms with van der Waals surface area (Å²) in [4.78, 5) is 0. The number of benzene rings is 4. The van der Waals surface area contributed by atoms with Crippen molar-refractivity contribution in [3.05, 3.63) is 144 Å². The van der Waals surface area contributed by atoms with Crippen LogP contribution in [0.1, 0.15) is 22.3 Å². The molecule has 7 N–H and O–H groups in total. The van der Waals surface area contributed by atoms with E-state index in [1.165, 1.54) is 0 Å². The smallest absolute Gasteiger partial charge is 0.168 e. The van der Waals surface area contributed by atoms with Gasteiger partial charge in [-0.2, -0.15) is 0 Å². The molecule has 2 fully saturated rings. The predicted molar refractivity (Wildman–Crippen MR) is 203 cm³/mol. The Hall–Kier alpha value is -3.83. The van der Waals surface area contributed by atoms with Crippen molar-refractivity contribution >= 4 is 17.3 Å². The summed E-state index contributed by atoms with van der Waals surface area (Å²) < 4.78 is 33.0. The summed E-state index contributed by atoms with van der Waals surface area (Å²) >= 11 is 5.67. The fraction of sp³-hybridized carbons (Fsp3) is 0.390. The van der Waals surface area contributed by atoms with Gasteiger partial charge in [-0.3, -0.25) is 0 Å². The number of aliphatic hydroxyl groups excluding tert-OH is 4.